The van der Waals surface area contributed by atoms with Gasteiger partial charge in [0.15, 0.2) is 5.78 Å². The van der Waals surface area contributed by atoms with E-state index in [4.69, 9.17) is 5.73 Å². The Hall–Kier alpha value is -10.0. The van der Waals surface area contributed by atoms with E-state index in [0.717, 1.165) is 10.9 Å². The van der Waals surface area contributed by atoms with Crippen molar-refractivity contribution in [3.05, 3.63) is 114 Å². The van der Waals surface area contributed by atoms with Gasteiger partial charge >= 0.3 is 0 Å². The van der Waals surface area contributed by atoms with Gasteiger partial charge in [0.25, 0.3) is 0 Å². The molecule has 0 saturated carbocycles. The third kappa shape index (κ3) is 29.8. The van der Waals surface area contributed by atoms with E-state index in [0.29, 0.717) is 68.1 Å². The number of allylic oxidation sites excluding steroid dienone is 2. The van der Waals surface area contributed by atoms with Crippen molar-refractivity contribution in [2.75, 3.05) is 6.61 Å². The molecule has 1 aliphatic rings. The van der Waals surface area contributed by atoms with Crippen LogP contribution in [0.3, 0.4) is 0 Å². The standard InChI is InChI=1S/C79H115N13O16.CH4/c1-46(2)30-33-55-34-37-65(97)60(43-56-44-81-59-29-23-22-28-58(56)59)86-71(102)62(42-54-31-35-57(96)36-32-54)87-69(100)50(7)84-76(107)78(10,92-74(105)63(41-53-26-20-19-21-27-53)88-75(106)66(51(8)94)90-72(103)61(40-47(3)4)85-52(9)95)38-24-17-15-13-12-14-16-18-25-39-79(11,91-70(55)101)77(108)89-64(45-93)73(104)83-49(6)68(99)82-48(5)67(80)98;/h14,16,19-23,26-29,31-32,35-36,44,46-51,55,60-64,66,81,93-94,96H,12-13,15,17-18,24-25,30,33-34,37-43,45H2,1-11H3,(H2,80,98)(H,82,99)(H,83,104)(H,84,107)(H,85,95)(H,86,102)(H,87,100)(H,88,106)(H,89,108)(H,90,103)(H,91,101)(H,92,105);1H4/b16-14-;/t48?,49-,50?,51+,55+,60-,61-,62-,63-,64?,66-,78+,79-;/m0./s1. The summed E-state index contributed by atoms with van der Waals surface area (Å²) >= 11 is 0. The van der Waals surface area contributed by atoms with Gasteiger partial charge in [-0.1, -0.05) is 134 Å². The predicted octanol–water partition coefficient (Wildman–Crippen LogP) is 4.12. The lowest BCUT2D eigenvalue weighted by atomic mass is 9.87. The van der Waals surface area contributed by atoms with Gasteiger partial charge in [-0.25, -0.2) is 0 Å². The first-order valence-electron chi connectivity index (χ1n) is 37.5. The number of hydrogen-bond donors (Lipinski definition) is 16. The number of primary amides is 1. The Morgan fingerprint density at radius 1 is 0.615 bits per heavy atom. The number of amides is 12. The summed E-state index contributed by atoms with van der Waals surface area (Å²) in [5, 5.41) is 62.0. The number of nitrogens with two attached hydrogens (primary N) is 1. The quantitative estimate of drug-likeness (QED) is 0.0373. The first-order chi connectivity index (χ1) is 51.0. The van der Waals surface area contributed by atoms with E-state index in [2.05, 4.69) is 63.5 Å². The molecule has 1 aliphatic heterocycles. The molecule has 0 aliphatic carbocycles. The molecule has 29 nitrogen and oxygen atoms in total. The normalized spacial score (nSPS) is 22.0. The predicted molar refractivity (Wildman–Crippen MR) is 414 cm³/mol. The van der Waals surface area contributed by atoms with Gasteiger partial charge in [-0.2, -0.15) is 0 Å². The van der Waals surface area contributed by atoms with E-state index < -0.39 is 161 Å². The highest BCUT2D eigenvalue weighted by atomic mass is 16.3. The van der Waals surface area contributed by atoms with Crippen LogP contribution < -0.4 is 64.2 Å². The van der Waals surface area contributed by atoms with Gasteiger partial charge in [0.2, 0.25) is 70.9 Å². The highest BCUT2D eigenvalue weighted by Crippen LogP contribution is 2.26. The van der Waals surface area contributed by atoms with Crippen LogP contribution in [0, 0.1) is 17.8 Å². The van der Waals surface area contributed by atoms with Crippen molar-refractivity contribution in [1.29, 1.82) is 0 Å². The number of aromatic amines is 1. The molecule has 600 valence electrons. The zero-order chi connectivity index (χ0) is 80.0. The zero-order valence-electron chi connectivity index (χ0n) is 64.2. The Labute approximate surface area is 640 Å². The molecular weight excluding hydrogens is 1400 g/mol. The summed E-state index contributed by atoms with van der Waals surface area (Å²) in [5.41, 5.74) is 4.19. The second kappa shape index (κ2) is 44.4. The summed E-state index contributed by atoms with van der Waals surface area (Å²) in [6.45, 7) is 16.2. The minimum Gasteiger partial charge on any atom is -0.508 e. The lowest BCUT2D eigenvalue weighted by Gasteiger charge is -2.33. The minimum absolute atomic E-state index is 0. The third-order valence-corrected chi connectivity index (χ3v) is 19.3. The average molecular weight is 1520 g/mol. The molecule has 1 aromatic heterocycles. The van der Waals surface area contributed by atoms with Crippen LogP contribution in [-0.4, -0.2) is 175 Å². The van der Waals surface area contributed by atoms with Crippen LogP contribution in [0.15, 0.2) is 97.2 Å². The van der Waals surface area contributed by atoms with E-state index in [1.54, 1.807) is 48.7 Å². The molecule has 3 unspecified atom stereocenters. The summed E-state index contributed by atoms with van der Waals surface area (Å²) < 4.78 is 0. The summed E-state index contributed by atoms with van der Waals surface area (Å²) in [4.78, 5) is 186. The Balaban J connectivity index is 0.0000251. The van der Waals surface area contributed by atoms with E-state index in [9.17, 15) is 58.5 Å². The number of ketones is 1. The molecule has 109 heavy (non-hydrogen) atoms. The van der Waals surface area contributed by atoms with E-state index in [1.807, 2.05) is 64.1 Å². The molecule has 5 rings (SSSR count). The summed E-state index contributed by atoms with van der Waals surface area (Å²) in [5.74, 6) is -11.0. The van der Waals surface area contributed by atoms with Crippen molar-refractivity contribution < 1.29 is 77.6 Å². The summed E-state index contributed by atoms with van der Waals surface area (Å²) in [7, 11) is 0. The van der Waals surface area contributed by atoms with E-state index in [1.165, 1.54) is 60.6 Å². The molecule has 12 amide bonds. The maximum atomic E-state index is 15.2. The van der Waals surface area contributed by atoms with Crippen LogP contribution in [0.1, 0.15) is 190 Å². The van der Waals surface area contributed by atoms with Crippen LogP contribution in [0.2, 0.25) is 0 Å². The second-order valence-corrected chi connectivity index (χ2v) is 29.8. The fourth-order valence-corrected chi connectivity index (χ4v) is 12.6. The van der Waals surface area contributed by atoms with Crippen molar-refractivity contribution in [2.24, 2.45) is 23.5 Å². The van der Waals surface area contributed by atoms with Crippen LogP contribution >= 0.6 is 0 Å². The largest absolute Gasteiger partial charge is 0.508 e. The smallest absolute Gasteiger partial charge is 0.246 e. The number of fused-ring (bicyclic) bond motifs is 1. The summed E-state index contributed by atoms with van der Waals surface area (Å²) in [6.07, 6.45) is 7.88. The molecule has 4 aromatic rings. The number of nitrogens with one attached hydrogen (secondary N) is 12. The number of carbonyl (C=O) groups excluding carboxylic acids is 13. The number of Topliss-reactive ketones (excluding diaryl/α,β-unsaturated/α-hetero) is 1. The molecule has 0 radical (unpaired) electrons. The lowest BCUT2D eigenvalue weighted by Crippen LogP contribution is -2.64. The Morgan fingerprint density at radius 3 is 1.87 bits per heavy atom. The number of carbonyl (C=O) groups is 13. The van der Waals surface area contributed by atoms with Crippen molar-refractivity contribution in [3.63, 3.8) is 0 Å². The maximum Gasteiger partial charge on any atom is 0.246 e. The molecule has 17 N–H and O–H groups in total. The first kappa shape index (κ1) is 91.4. The number of rotatable bonds is 27. The van der Waals surface area contributed by atoms with E-state index in [-0.39, 0.29) is 82.8 Å². The monoisotopic (exact) mass is 1520 g/mol. The van der Waals surface area contributed by atoms with Gasteiger partial charge in [0.05, 0.1) is 18.8 Å². The van der Waals surface area contributed by atoms with E-state index >= 15 is 19.2 Å². The number of hydrogen-bond acceptors (Lipinski definition) is 16. The number of benzene rings is 3. The minimum atomic E-state index is -1.82. The van der Waals surface area contributed by atoms with Crippen molar-refractivity contribution in [1.82, 2.24) is 63.5 Å². The van der Waals surface area contributed by atoms with Gasteiger partial charge in [-0.3, -0.25) is 62.3 Å². The van der Waals surface area contributed by atoms with Crippen molar-refractivity contribution in [2.45, 2.75) is 264 Å². The van der Waals surface area contributed by atoms with Gasteiger partial charge in [0.1, 0.15) is 65.2 Å². The first-order valence-corrected chi connectivity index (χ1v) is 37.5. The Morgan fingerprint density at radius 2 is 1.24 bits per heavy atom. The van der Waals surface area contributed by atoms with Gasteiger partial charge in [0, 0.05) is 55.6 Å². The number of phenolic OH excluding ortho intramolecular Hbond substituents is 1. The molecule has 0 fully saturated rings. The molecule has 13 atom stereocenters. The molecule has 2 heterocycles. The SMILES string of the molecule is C.CC(=O)N[C@@H](CC(C)C)C(=O)N[C@H](C(=O)N[C@@H](Cc1ccccc1)C(=O)N[C@]1(C)CCCCCC/C=C\CCC[C@@](C)(C(=O)NC(CO)C(=O)N[C@@H](C)C(=O)NC(C)C(N)=O)NC(=O)[C@H](CCC(C)C)CCC(=O)[C@H](Cc2c[nH]c3ccccc23)NC(=O)[C@H](Cc2ccc(O)cc2)NC(=O)C(C)NC1=O)[C@@H](C)O. The topological polar surface area (TPSA) is 457 Å². The van der Waals surface area contributed by atoms with Crippen LogP contribution in [-0.2, 0) is 81.6 Å². The maximum absolute atomic E-state index is 15.2. The van der Waals surface area contributed by atoms with Crippen molar-refractivity contribution >= 4 is 87.6 Å². The average Bonchev–Trinajstić information content (AvgIpc) is 1.78. The highest BCUT2D eigenvalue weighted by molar-refractivity contribution is 6.01. The molecule has 3 aromatic carbocycles. The summed E-state index contributed by atoms with van der Waals surface area (Å²) in [6, 6.07) is 9.62. The number of aliphatic hydroxyl groups is 2. The molecule has 0 spiro atoms. The molecular formula is C80H119N13O16. The second-order valence-electron chi connectivity index (χ2n) is 29.8. The zero-order valence-corrected chi connectivity index (χ0v) is 64.2. The number of phenols is 1. The van der Waals surface area contributed by atoms with Crippen LogP contribution in [0.5, 0.6) is 5.75 Å². The third-order valence-electron chi connectivity index (χ3n) is 19.3. The fourth-order valence-electron chi connectivity index (χ4n) is 12.6. The van der Waals surface area contributed by atoms with Gasteiger partial charge in [-0.05, 0) is 146 Å². The molecule has 0 saturated heterocycles. The number of H-pyrrole nitrogens is 1. The number of aliphatic hydroxyl groups excluding tert-OH is 2. The number of para-hydroxylation sites is 1. The van der Waals surface area contributed by atoms with Crippen molar-refractivity contribution in [3.8, 4) is 5.75 Å². The fraction of sp³-hybridized carbons (Fsp3) is 0.562. The Bertz CT molecular complexity index is 3750. The van der Waals surface area contributed by atoms with Gasteiger partial charge < -0.3 is 84.5 Å². The number of aromatic hydroxyl groups is 1. The van der Waals surface area contributed by atoms with Gasteiger partial charge in [-0.15, -0.1) is 0 Å². The number of aromatic nitrogens is 1. The van der Waals surface area contributed by atoms with Crippen LogP contribution in [0.4, 0.5) is 0 Å². The lowest BCUT2D eigenvalue weighted by molar-refractivity contribution is -0.138. The molecule has 0 bridgehead atoms. The Kier molecular flexibility index (Phi) is 37.3. The molecule has 29 heteroatoms. The van der Waals surface area contributed by atoms with Crippen LogP contribution in [0.25, 0.3) is 10.9 Å². The highest BCUT2D eigenvalue weighted by Gasteiger charge is 2.42.